The Bertz CT molecular complexity index is 804. The van der Waals surface area contributed by atoms with Crippen molar-refractivity contribution in [1.82, 2.24) is 10.2 Å². The number of hydrogen-bond donors (Lipinski definition) is 2. The molecular weight excluding hydrogens is 340 g/mol. The Morgan fingerprint density at radius 1 is 1.11 bits per heavy atom. The highest BCUT2D eigenvalue weighted by atomic mass is 16.3. The van der Waals surface area contributed by atoms with Crippen LogP contribution in [0.15, 0.2) is 54.6 Å². The minimum absolute atomic E-state index is 0.0423. The number of hydrogen-bond acceptors (Lipinski definition) is 3. The highest BCUT2D eigenvalue weighted by molar-refractivity contribution is 6.01. The Morgan fingerprint density at radius 3 is 2.41 bits per heavy atom. The van der Waals surface area contributed by atoms with Gasteiger partial charge in [0.05, 0.1) is 12.6 Å². The maximum absolute atomic E-state index is 13.0. The average Bonchev–Trinajstić information content (AvgIpc) is 2.98. The van der Waals surface area contributed by atoms with E-state index in [1.54, 1.807) is 11.0 Å². The number of benzene rings is 2. The molecule has 0 fully saturated rings. The molecule has 5 nitrogen and oxygen atoms in total. The molecule has 0 radical (unpaired) electrons. The van der Waals surface area contributed by atoms with Crippen LogP contribution < -0.4 is 5.32 Å². The lowest BCUT2D eigenvalue weighted by molar-refractivity contribution is -0.128. The van der Waals surface area contributed by atoms with Gasteiger partial charge in [-0.05, 0) is 29.5 Å². The van der Waals surface area contributed by atoms with Gasteiger partial charge in [-0.1, -0.05) is 62.4 Å². The molecule has 0 bridgehead atoms. The molecule has 2 atom stereocenters. The van der Waals surface area contributed by atoms with Crippen LogP contribution in [0.25, 0.3) is 0 Å². The van der Waals surface area contributed by atoms with Crippen molar-refractivity contribution in [1.29, 1.82) is 0 Å². The van der Waals surface area contributed by atoms with E-state index in [1.165, 1.54) is 0 Å². The number of fused-ring (bicyclic) bond motifs is 1. The maximum Gasteiger partial charge on any atom is 0.255 e. The molecule has 0 aromatic heterocycles. The summed E-state index contributed by atoms with van der Waals surface area (Å²) in [5.74, 6) is -0.372. The summed E-state index contributed by atoms with van der Waals surface area (Å²) < 4.78 is 0. The molecule has 142 valence electrons. The van der Waals surface area contributed by atoms with E-state index in [9.17, 15) is 14.7 Å². The van der Waals surface area contributed by atoms with Crippen molar-refractivity contribution in [2.45, 2.75) is 38.9 Å². The Kier molecular flexibility index (Phi) is 5.91. The van der Waals surface area contributed by atoms with Gasteiger partial charge in [-0.15, -0.1) is 0 Å². The van der Waals surface area contributed by atoms with Gasteiger partial charge in [0.25, 0.3) is 5.91 Å². The van der Waals surface area contributed by atoms with Crippen LogP contribution in [0.1, 0.15) is 35.3 Å². The Balaban J connectivity index is 1.73. The minimum Gasteiger partial charge on any atom is -0.394 e. The van der Waals surface area contributed by atoms with Gasteiger partial charge < -0.3 is 15.3 Å². The smallest absolute Gasteiger partial charge is 0.255 e. The Labute approximate surface area is 160 Å². The molecule has 0 saturated heterocycles. The second kappa shape index (κ2) is 8.35. The molecular formula is C22H26N2O3. The van der Waals surface area contributed by atoms with Crippen LogP contribution in [0.3, 0.4) is 0 Å². The van der Waals surface area contributed by atoms with Gasteiger partial charge in [0, 0.05) is 12.1 Å². The summed E-state index contributed by atoms with van der Waals surface area (Å²) >= 11 is 0. The van der Waals surface area contributed by atoms with Crippen molar-refractivity contribution >= 4 is 11.8 Å². The monoisotopic (exact) mass is 366 g/mol. The standard InChI is InChI=1S/C22H26N2O3/c1-15(2)20(24-13-17-10-6-7-11-19(17)22(24)27)21(26)23-18(14-25)12-16-8-4-3-5-9-16/h3-11,15,18,20,25H,12-14H2,1-2H3,(H,23,26)/t18-,20-/m1/s1. The average molecular weight is 366 g/mol. The number of carbonyl (C=O) groups is 2. The highest BCUT2D eigenvalue weighted by Gasteiger charge is 2.38. The lowest BCUT2D eigenvalue weighted by Gasteiger charge is -2.31. The lowest BCUT2D eigenvalue weighted by Crippen LogP contribution is -2.53. The van der Waals surface area contributed by atoms with Gasteiger partial charge in [-0.3, -0.25) is 9.59 Å². The fourth-order valence-electron chi connectivity index (χ4n) is 3.65. The zero-order valence-electron chi connectivity index (χ0n) is 15.8. The molecule has 0 aliphatic carbocycles. The van der Waals surface area contributed by atoms with Crippen molar-refractivity contribution in [3.8, 4) is 0 Å². The van der Waals surface area contributed by atoms with Crippen LogP contribution in [0.4, 0.5) is 0 Å². The number of nitrogens with one attached hydrogen (secondary N) is 1. The number of amides is 2. The summed E-state index contributed by atoms with van der Waals surface area (Å²) in [5, 5.41) is 12.7. The second-order valence-electron chi connectivity index (χ2n) is 7.36. The number of rotatable bonds is 7. The highest BCUT2D eigenvalue weighted by Crippen LogP contribution is 2.27. The molecule has 1 aliphatic heterocycles. The third-order valence-corrected chi connectivity index (χ3v) is 4.98. The summed E-state index contributed by atoms with van der Waals surface area (Å²) in [6, 6.07) is 16.2. The van der Waals surface area contributed by atoms with Crippen molar-refractivity contribution in [2.24, 2.45) is 5.92 Å². The topological polar surface area (TPSA) is 69.6 Å². The quantitative estimate of drug-likeness (QED) is 0.790. The SMILES string of the molecule is CC(C)[C@H](C(=O)N[C@@H](CO)Cc1ccccc1)N1Cc2ccccc2C1=O. The van der Waals surface area contributed by atoms with Gasteiger partial charge in [0.1, 0.15) is 6.04 Å². The molecule has 1 heterocycles. The maximum atomic E-state index is 13.0. The minimum atomic E-state index is -0.574. The van der Waals surface area contributed by atoms with E-state index in [-0.39, 0.29) is 30.4 Å². The number of aliphatic hydroxyl groups is 1. The molecule has 27 heavy (non-hydrogen) atoms. The zero-order valence-corrected chi connectivity index (χ0v) is 15.8. The van der Waals surface area contributed by atoms with Crippen LogP contribution in [0.2, 0.25) is 0 Å². The van der Waals surface area contributed by atoms with E-state index in [2.05, 4.69) is 5.32 Å². The van der Waals surface area contributed by atoms with Crippen LogP contribution in [0, 0.1) is 5.92 Å². The molecule has 1 aliphatic rings. The first-order valence-electron chi connectivity index (χ1n) is 9.35. The first kappa shape index (κ1) is 19.1. The Morgan fingerprint density at radius 2 is 1.78 bits per heavy atom. The lowest BCUT2D eigenvalue weighted by atomic mass is 10.00. The first-order valence-corrected chi connectivity index (χ1v) is 9.35. The largest absolute Gasteiger partial charge is 0.394 e. The van der Waals surface area contributed by atoms with Crippen LogP contribution in [-0.4, -0.2) is 40.5 Å². The van der Waals surface area contributed by atoms with Crippen molar-refractivity contribution < 1.29 is 14.7 Å². The van der Waals surface area contributed by atoms with Crippen molar-refractivity contribution in [3.63, 3.8) is 0 Å². The molecule has 5 heteroatoms. The molecule has 0 spiro atoms. The zero-order chi connectivity index (χ0) is 19.4. The molecule has 2 aromatic rings. The van der Waals surface area contributed by atoms with E-state index in [0.717, 1.165) is 11.1 Å². The molecule has 0 unspecified atom stereocenters. The van der Waals surface area contributed by atoms with E-state index >= 15 is 0 Å². The normalized spacial score (nSPS) is 15.6. The predicted molar refractivity (Wildman–Crippen MR) is 104 cm³/mol. The van der Waals surface area contributed by atoms with Crippen molar-refractivity contribution in [3.05, 3.63) is 71.3 Å². The van der Waals surface area contributed by atoms with E-state index in [4.69, 9.17) is 0 Å². The van der Waals surface area contributed by atoms with Gasteiger partial charge in [0.15, 0.2) is 0 Å². The van der Waals surface area contributed by atoms with E-state index < -0.39 is 6.04 Å². The molecule has 0 saturated carbocycles. The van der Waals surface area contributed by atoms with Crippen LogP contribution >= 0.6 is 0 Å². The van der Waals surface area contributed by atoms with Gasteiger partial charge in [-0.2, -0.15) is 0 Å². The third-order valence-electron chi connectivity index (χ3n) is 4.98. The fourth-order valence-corrected chi connectivity index (χ4v) is 3.65. The third kappa shape index (κ3) is 4.19. The Hall–Kier alpha value is -2.66. The predicted octanol–water partition coefficient (Wildman–Crippen LogP) is 2.39. The molecule has 2 amide bonds. The summed E-state index contributed by atoms with van der Waals surface area (Å²) in [7, 11) is 0. The second-order valence-corrected chi connectivity index (χ2v) is 7.36. The summed E-state index contributed by atoms with van der Waals surface area (Å²) in [4.78, 5) is 27.4. The first-order chi connectivity index (χ1) is 13.0. The molecule has 2 aromatic carbocycles. The van der Waals surface area contributed by atoms with Gasteiger partial charge in [0.2, 0.25) is 5.91 Å². The molecule has 2 N–H and O–H groups in total. The number of aliphatic hydroxyl groups excluding tert-OH is 1. The van der Waals surface area contributed by atoms with Gasteiger partial charge in [-0.25, -0.2) is 0 Å². The molecule has 3 rings (SSSR count). The van der Waals surface area contributed by atoms with E-state index in [0.29, 0.717) is 18.5 Å². The van der Waals surface area contributed by atoms with E-state index in [1.807, 2.05) is 62.4 Å². The number of nitrogens with zero attached hydrogens (tertiary/aromatic N) is 1. The summed E-state index contributed by atoms with van der Waals surface area (Å²) in [6.07, 6.45) is 0.544. The van der Waals surface area contributed by atoms with Crippen LogP contribution in [-0.2, 0) is 17.8 Å². The summed E-state index contributed by atoms with van der Waals surface area (Å²) in [5.41, 5.74) is 2.66. The number of carbonyl (C=O) groups excluding carboxylic acids is 2. The fraction of sp³-hybridized carbons (Fsp3) is 0.364. The van der Waals surface area contributed by atoms with Gasteiger partial charge >= 0.3 is 0 Å². The van der Waals surface area contributed by atoms with Crippen LogP contribution in [0.5, 0.6) is 0 Å². The summed E-state index contributed by atoms with van der Waals surface area (Å²) in [6.45, 7) is 4.16. The van der Waals surface area contributed by atoms with Crippen molar-refractivity contribution in [2.75, 3.05) is 6.61 Å².